The Morgan fingerprint density at radius 3 is 3.11 bits per heavy atom. The van der Waals surface area contributed by atoms with Crippen LogP contribution in [0, 0.1) is 5.92 Å². The van der Waals surface area contributed by atoms with Crippen molar-refractivity contribution in [2.24, 2.45) is 5.92 Å². The molecule has 2 heterocycles. The Bertz CT molecular complexity index is 85.1. The fourth-order valence-corrected chi connectivity index (χ4v) is 1.72. The van der Waals surface area contributed by atoms with Gasteiger partial charge in [0.05, 0.1) is 0 Å². The molecule has 0 aromatic rings. The number of hydrogen-bond acceptors (Lipinski definition) is 2. The van der Waals surface area contributed by atoms with Crippen LogP contribution in [0.3, 0.4) is 0 Å². The smallest absolute Gasteiger partial charge is 0.108 e. The van der Waals surface area contributed by atoms with Gasteiger partial charge < -0.3 is 4.74 Å². The molecule has 52 valence electrons. The highest BCUT2D eigenvalue weighted by Crippen LogP contribution is 2.24. The van der Waals surface area contributed by atoms with Gasteiger partial charge in [-0.05, 0) is 31.7 Å². The summed E-state index contributed by atoms with van der Waals surface area (Å²) < 4.78 is 5.44. The minimum atomic E-state index is 0.400. The van der Waals surface area contributed by atoms with Gasteiger partial charge in [-0.25, -0.2) is 0 Å². The number of nitrogens with one attached hydrogen (secondary N) is 1. The van der Waals surface area contributed by atoms with E-state index in [4.69, 9.17) is 4.74 Å². The van der Waals surface area contributed by atoms with Crippen molar-refractivity contribution in [3.05, 3.63) is 0 Å². The van der Waals surface area contributed by atoms with E-state index in [1.165, 1.54) is 19.3 Å². The summed E-state index contributed by atoms with van der Waals surface area (Å²) in [7, 11) is 0. The van der Waals surface area contributed by atoms with Gasteiger partial charge in [-0.1, -0.05) is 0 Å². The van der Waals surface area contributed by atoms with Crippen LogP contribution in [0.4, 0.5) is 0 Å². The molecule has 2 saturated heterocycles. The van der Waals surface area contributed by atoms with Crippen molar-refractivity contribution in [2.45, 2.75) is 25.5 Å². The Morgan fingerprint density at radius 1 is 1.33 bits per heavy atom. The van der Waals surface area contributed by atoms with Gasteiger partial charge in [-0.3, -0.25) is 5.32 Å². The zero-order chi connectivity index (χ0) is 6.10. The summed E-state index contributed by atoms with van der Waals surface area (Å²) in [6, 6.07) is 0. The first kappa shape index (κ1) is 5.69. The van der Waals surface area contributed by atoms with Gasteiger partial charge in [-0.15, -0.1) is 0 Å². The topological polar surface area (TPSA) is 21.3 Å². The molecule has 1 N–H and O–H groups in total. The minimum Gasteiger partial charge on any atom is -0.363 e. The average Bonchev–Trinajstić information content (AvgIpc) is 1.88. The first-order valence-corrected chi connectivity index (χ1v) is 3.80. The van der Waals surface area contributed by atoms with Crippen molar-refractivity contribution in [2.75, 3.05) is 13.2 Å². The maximum Gasteiger partial charge on any atom is 0.108 e. The molecule has 2 fully saturated rings. The maximum absolute atomic E-state index is 5.44. The van der Waals surface area contributed by atoms with Gasteiger partial charge >= 0.3 is 0 Å². The van der Waals surface area contributed by atoms with Crippen LogP contribution in [-0.4, -0.2) is 19.4 Å². The van der Waals surface area contributed by atoms with Crippen LogP contribution in [0.1, 0.15) is 19.3 Å². The predicted molar refractivity (Wildman–Crippen MR) is 35.1 cm³/mol. The fraction of sp³-hybridized carbons (Fsp3) is 1.00. The molecule has 0 spiro atoms. The lowest BCUT2D eigenvalue weighted by Gasteiger charge is -2.34. The van der Waals surface area contributed by atoms with E-state index in [0.29, 0.717) is 6.23 Å². The molecule has 2 aliphatic rings. The SMILES string of the molecule is C1CC2CCOC(C2)N1. The van der Waals surface area contributed by atoms with Crippen LogP contribution < -0.4 is 5.32 Å². The molecule has 2 bridgehead atoms. The van der Waals surface area contributed by atoms with Gasteiger partial charge in [0.25, 0.3) is 0 Å². The summed E-state index contributed by atoms with van der Waals surface area (Å²) in [5.41, 5.74) is 0. The molecule has 2 nitrogen and oxygen atoms in total. The number of piperidine rings is 1. The third kappa shape index (κ3) is 1.10. The van der Waals surface area contributed by atoms with Gasteiger partial charge in [0.1, 0.15) is 6.23 Å². The molecule has 9 heavy (non-hydrogen) atoms. The zero-order valence-electron chi connectivity index (χ0n) is 5.60. The largest absolute Gasteiger partial charge is 0.363 e. The van der Waals surface area contributed by atoms with E-state index in [0.717, 1.165) is 19.1 Å². The van der Waals surface area contributed by atoms with E-state index in [2.05, 4.69) is 5.32 Å². The van der Waals surface area contributed by atoms with E-state index >= 15 is 0 Å². The van der Waals surface area contributed by atoms with E-state index in [1.807, 2.05) is 0 Å². The van der Waals surface area contributed by atoms with Gasteiger partial charge in [0.2, 0.25) is 0 Å². The summed E-state index contributed by atoms with van der Waals surface area (Å²) in [6.07, 6.45) is 4.30. The summed E-state index contributed by atoms with van der Waals surface area (Å²) in [5, 5.41) is 3.33. The number of hydrogen-bond donors (Lipinski definition) is 1. The third-order valence-electron chi connectivity index (χ3n) is 2.32. The minimum absolute atomic E-state index is 0.400. The molecule has 2 atom stereocenters. The van der Waals surface area contributed by atoms with Gasteiger partial charge in [0, 0.05) is 6.61 Å². The molecular formula is C7H13NO. The van der Waals surface area contributed by atoms with Gasteiger partial charge in [0.15, 0.2) is 0 Å². The second-order valence-corrected chi connectivity index (χ2v) is 2.99. The van der Waals surface area contributed by atoms with E-state index in [9.17, 15) is 0 Å². The molecule has 2 rings (SSSR count). The fourth-order valence-electron chi connectivity index (χ4n) is 1.72. The molecule has 0 aromatic heterocycles. The molecule has 0 radical (unpaired) electrons. The van der Waals surface area contributed by atoms with Crippen LogP contribution in [0.15, 0.2) is 0 Å². The molecule has 0 amide bonds. The molecule has 0 aromatic carbocycles. The van der Waals surface area contributed by atoms with Crippen LogP contribution in [0.25, 0.3) is 0 Å². The summed E-state index contributed by atoms with van der Waals surface area (Å²) in [5.74, 6) is 0.963. The van der Waals surface area contributed by atoms with Crippen LogP contribution >= 0.6 is 0 Å². The van der Waals surface area contributed by atoms with Crippen LogP contribution in [0.5, 0.6) is 0 Å². The lowest BCUT2D eigenvalue weighted by Crippen LogP contribution is -2.43. The standard InChI is InChI=1S/C7H13NO/c1-3-8-7-5-6(1)2-4-9-7/h6-8H,1-5H2. The Hall–Kier alpha value is -0.0800. The molecule has 2 heteroatoms. The Kier molecular flexibility index (Phi) is 1.44. The monoisotopic (exact) mass is 127 g/mol. The van der Waals surface area contributed by atoms with E-state index < -0.39 is 0 Å². The highest BCUT2D eigenvalue weighted by molar-refractivity contribution is 4.75. The normalized spacial score (nSPS) is 42.7. The average molecular weight is 127 g/mol. The van der Waals surface area contributed by atoms with Crippen LogP contribution in [0.2, 0.25) is 0 Å². The highest BCUT2D eigenvalue weighted by atomic mass is 16.5. The molecule has 0 aliphatic carbocycles. The highest BCUT2D eigenvalue weighted by Gasteiger charge is 2.25. The number of ether oxygens (including phenoxy) is 1. The predicted octanol–water partition coefficient (Wildman–Crippen LogP) is 0.732. The van der Waals surface area contributed by atoms with E-state index in [-0.39, 0.29) is 0 Å². The second-order valence-electron chi connectivity index (χ2n) is 2.99. The quantitative estimate of drug-likeness (QED) is 0.518. The van der Waals surface area contributed by atoms with Crippen molar-refractivity contribution in [3.8, 4) is 0 Å². The molecule has 2 aliphatic heterocycles. The summed E-state index contributed by atoms with van der Waals surface area (Å²) >= 11 is 0. The van der Waals surface area contributed by atoms with Crippen LogP contribution in [-0.2, 0) is 4.74 Å². The molecule has 0 saturated carbocycles. The number of fused-ring (bicyclic) bond motifs is 2. The Balaban J connectivity index is 1.96. The summed E-state index contributed by atoms with van der Waals surface area (Å²) in [6.45, 7) is 2.14. The Morgan fingerprint density at radius 2 is 2.33 bits per heavy atom. The Labute approximate surface area is 55.6 Å². The lowest BCUT2D eigenvalue weighted by atomic mass is 9.92. The zero-order valence-corrected chi connectivity index (χ0v) is 5.60. The third-order valence-corrected chi connectivity index (χ3v) is 2.32. The first-order valence-electron chi connectivity index (χ1n) is 3.80. The van der Waals surface area contributed by atoms with Crippen molar-refractivity contribution in [3.63, 3.8) is 0 Å². The number of rotatable bonds is 0. The maximum atomic E-state index is 5.44. The lowest BCUT2D eigenvalue weighted by molar-refractivity contribution is -0.0479. The van der Waals surface area contributed by atoms with Crippen molar-refractivity contribution >= 4 is 0 Å². The molecular weight excluding hydrogens is 114 g/mol. The summed E-state index contributed by atoms with van der Waals surface area (Å²) in [4.78, 5) is 0. The first-order chi connectivity index (χ1) is 4.45. The second kappa shape index (κ2) is 2.27. The van der Waals surface area contributed by atoms with E-state index in [1.54, 1.807) is 0 Å². The van der Waals surface area contributed by atoms with Gasteiger partial charge in [-0.2, -0.15) is 0 Å². The van der Waals surface area contributed by atoms with Crippen molar-refractivity contribution in [1.29, 1.82) is 0 Å². The van der Waals surface area contributed by atoms with Crippen molar-refractivity contribution in [1.82, 2.24) is 5.32 Å². The molecule has 2 unspecified atom stereocenters. The van der Waals surface area contributed by atoms with Crippen molar-refractivity contribution < 1.29 is 4.74 Å².